The molecule has 0 amide bonds. The number of aromatic amines is 1. The van der Waals surface area contributed by atoms with Crippen molar-refractivity contribution >= 4 is 45.5 Å². The van der Waals surface area contributed by atoms with Gasteiger partial charge in [-0.3, -0.25) is 4.79 Å². The van der Waals surface area contributed by atoms with Crippen molar-refractivity contribution in [2.45, 2.75) is 24.4 Å². The molecule has 2 aromatic rings. The third-order valence-electron chi connectivity index (χ3n) is 3.49. The maximum atomic E-state index is 11.6. The number of halogens is 1. The van der Waals surface area contributed by atoms with E-state index in [-0.39, 0.29) is 17.5 Å². The first-order chi connectivity index (χ1) is 11.8. The SMILES string of the molecule is [2H]N(c1ccc2c(I)cc(=O)[nH]c2c1)[C@@H](C=O)[C@@H](O)[C@H](O)[C@H](O)CO. The van der Waals surface area contributed by atoms with Crippen LogP contribution >= 0.6 is 22.6 Å². The standard InChI is InChI=1S/C15H17IN2O6/c16-9-4-13(22)18-10-3-7(1-2-8(9)10)17-11(5-19)14(23)15(24)12(21)6-20/h1-5,11-12,14-15,17,20-21,23-24H,6H2,(H,18,22)/t11-,12+,14+,15+/m0/s1/i/hD. The van der Waals surface area contributed by atoms with Crippen LogP contribution in [0.2, 0.25) is 1.41 Å². The number of aliphatic hydroxyl groups excluding tert-OH is 4. The van der Waals surface area contributed by atoms with E-state index in [0.29, 0.717) is 14.4 Å². The summed E-state index contributed by atoms with van der Waals surface area (Å²) in [7, 11) is 0. The second-order valence-electron chi connectivity index (χ2n) is 5.20. The highest BCUT2D eigenvalue weighted by Gasteiger charge is 2.31. The van der Waals surface area contributed by atoms with Crippen LogP contribution in [0.5, 0.6) is 0 Å². The number of benzene rings is 1. The average molecular weight is 449 g/mol. The summed E-state index contributed by atoms with van der Waals surface area (Å²) in [5.74, 6) is 0. The van der Waals surface area contributed by atoms with Crippen LogP contribution in [-0.2, 0) is 4.79 Å². The Morgan fingerprint density at radius 1 is 1.29 bits per heavy atom. The van der Waals surface area contributed by atoms with Gasteiger partial charge in [0.1, 0.15) is 30.6 Å². The van der Waals surface area contributed by atoms with Crippen molar-refractivity contribution in [3.63, 3.8) is 0 Å². The van der Waals surface area contributed by atoms with Gasteiger partial charge in [0.05, 0.1) is 12.1 Å². The molecule has 0 spiro atoms. The highest BCUT2D eigenvalue weighted by atomic mass is 127. The lowest BCUT2D eigenvalue weighted by Gasteiger charge is -2.26. The van der Waals surface area contributed by atoms with Gasteiger partial charge in [-0.05, 0) is 40.8 Å². The number of carbonyl (C=O) groups is 1. The molecule has 2 rings (SSSR count). The third kappa shape index (κ3) is 4.11. The first-order valence-corrected chi connectivity index (χ1v) is 8.09. The molecule has 4 atom stereocenters. The summed E-state index contributed by atoms with van der Waals surface area (Å²) in [5, 5.41) is 39.4. The fourth-order valence-corrected chi connectivity index (χ4v) is 2.94. The number of hydrogen-bond donors (Lipinski definition) is 6. The largest absolute Gasteiger partial charge is 0.394 e. The molecule has 8 nitrogen and oxygen atoms in total. The summed E-state index contributed by atoms with van der Waals surface area (Å²) in [4.78, 5) is 25.5. The minimum Gasteiger partial charge on any atom is -0.394 e. The van der Waals surface area contributed by atoms with E-state index in [0.717, 1.165) is 5.39 Å². The van der Waals surface area contributed by atoms with Gasteiger partial charge in [-0.2, -0.15) is 0 Å². The maximum Gasteiger partial charge on any atom is 0.249 e. The molecule has 0 aliphatic heterocycles. The van der Waals surface area contributed by atoms with Gasteiger partial charge < -0.3 is 35.5 Å². The highest BCUT2D eigenvalue weighted by Crippen LogP contribution is 2.21. The number of nitrogens with one attached hydrogen (secondary N) is 2. The Balaban J connectivity index is 2.37. The van der Waals surface area contributed by atoms with Crippen LogP contribution in [-0.4, -0.2) is 62.7 Å². The fraction of sp³-hybridized carbons (Fsp3) is 0.333. The van der Waals surface area contributed by atoms with Gasteiger partial charge in [0.15, 0.2) is 1.41 Å². The van der Waals surface area contributed by atoms with E-state index in [1.54, 1.807) is 6.07 Å². The molecule has 1 aromatic carbocycles. The molecule has 6 N–H and O–H groups in total. The van der Waals surface area contributed by atoms with Crippen molar-refractivity contribution < 1.29 is 26.6 Å². The Morgan fingerprint density at radius 3 is 2.62 bits per heavy atom. The molecule has 24 heavy (non-hydrogen) atoms. The van der Waals surface area contributed by atoms with Gasteiger partial charge in [0.25, 0.3) is 0 Å². The average Bonchev–Trinajstić information content (AvgIpc) is 2.59. The second kappa shape index (κ2) is 8.03. The Kier molecular flexibility index (Phi) is 5.79. The zero-order chi connectivity index (χ0) is 18.7. The minimum absolute atomic E-state index is 0.187. The molecule has 0 saturated heterocycles. The molecular weight excluding hydrogens is 431 g/mol. The van der Waals surface area contributed by atoms with E-state index in [1.165, 1.54) is 18.2 Å². The quantitative estimate of drug-likeness (QED) is 0.240. The summed E-state index contributed by atoms with van der Waals surface area (Å²) < 4.78 is 8.78. The van der Waals surface area contributed by atoms with Gasteiger partial charge >= 0.3 is 0 Å². The van der Waals surface area contributed by atoms with Crippen molar-refractivity contribution in [2.24, 2.45) is 0 Å². The van der Waals surface area contributed by atoms with E-state index < -0.39 is 31.0 Å². The van der Waals surface area contributed by atoms with Crippen LogP contribution in [0.15, 0.2) is 29.1 Å². The Bertz CT molecular complexity index is 816. The summed E-state index contributed by atoms with van der Waals surface area (Å²) in [6, 6.07) is 4.56. The predicted molar refractivity (Wildman–Crippen MR) is 95.9 cm³/mol. The zero-order valence-corrected chi connectivity index (χ0v) is 14.5. The van der Waals surface area contributed by atoms with Crippen LogP contribution in [0.3, 0.4) is 0 Å². The summed E-state index contributed by atoms with van der Waals surface area (Å²) in [6.45, 7) is -0.808. The Hall–Kier alpha value is -1.53. The Labute approximate surface area is 151 Å². The number of aliphatic hydroxyl groups is 4. The molecule has 0 saturated carbocycles. The molecular formula is C15H17IN2O6. The lowest BCUT2D eigenvalue weighted by atomic mass is 10.0. The van der Waals surface area contributed by atoms with Crippen LogP contribution in [0.4, 0.5) is 5.69 Å². The van der Waals surface area contributed by atoms with Gasteiger partial charge in [-0.25, -0.2) is 0 Å². The first kappa shape index (κ1) is 17.3. The number of aromatic nitrogens is 1. The molecule has 1 heterocycles. The van der Waals surface area contributed by atoms with E-state index >= 15 is 0 Å². The van der Waals surface area contributed by atoms with Crippen molar-refractivity contribution in [3.8, 4) is 0 Å². The van der Waals surface area contributed by atoms with Gasteiger partial charge in [-0.1, -0.05) is 0 Å². The molecule has 0 aliphatic rings. The number of anilines is 1. The topological polar surface area (TPSA) is 143 Å². The predicted octanol–water partition coefficient (Wildman–Crippen LogP) is -0.813. The molecule has 0 bridgehead atoms. The maximum absolute atomic E-state index is 11.6. The number of H-pyrrole nitrogens is 1. The zero-order valence-electron chi connectivity index (χ0n) is 13.3. The van der Waals surface area contributed by atoms with Crippen LogP contribution in [0.1, 0.15) is 0 Å². The van der Waals surface area contributed by atoms with E-state index in [1.807, 2.05) is 22.6 Å². The van der Waals surface area contributed by atoms with Crippen molar-refractivity contribution in [1.29, 1.82) is 0 Å². The van der Waals surface area contributed by atoms with E-state index in [9.17, 15) is 24.9 Å². The number of rotatable bonds is 7. The first-order valence-electron chi connectivity index (χ1n) is 7.46. The van der Waals surface area contributed by atoms with E-state index in [4.69, 9.17) is 6.52 Å². The number of aldehydes is 1. The molecule has 130 valence electrons. The van der Waals surface area contributed by atoms with Crippen molar-refractivity contribution in [2.75, 3.05) is 11.9 Å². The number of carbonyl (C=O) groups excluding carboxylic acids is 1. The molecule has 1 aromatic heterocycles. The third-order valence-corrected chi connectivity index (χ3v) is 4.39. The molecule has 0 unspecified atom stereocenters. The van der Waals surface area contributed by atoms with E-state index in [2.05, 4.69) is 4.98 Å². The lowest BCUT2D eigenvalue weighted by Crippen LogP contribution is -2.49. The van der Waals surface area contributed by atoms with Crippen molar-refractivity contribution in [1.82, 2.24) is 4.98 Å². The smallest absolute Gasteiger partial charge is 0.249 e. The normalized spacial score (nSPS) is 17.0. The van der Waals surface area contributed by atoms with Crippen LogP contribution in [0, 0.1) is 3.57 Å². The Morgan fingerprint density at radius 2 is 2.00 bits per heavy atom. The molecule has 0 aliphatic carbocycles. The van der Waals surface area contributed by atoms with Gasteiger partial charge in [0, 0.05) is 20.7 Å². The molecule has 0 radical (unpaired) electrons. The van der Waals surface area contributed by atoms with Gasteiger partial charge in [0.2, 0.25) is 5.56 Å². The van der Waals surface area contributed by atoms with Crippen molar-refractivity contribution in [3.05, 3.63) is 38.2 Å². The number of pyridine rings is 1. The molecule has 0 fully saturated rings. The summed E-state index contributed by atoms with van der Waals surface area (Å²) in [5.41, 5.74) is 0.313. The minimum atomic E-state index is -1.81. The van der Waals surface area contributed by atoms with Gasteiger partial charge in [-0.15, -0.1) is 0 Å². The summed E-state index contributed by atoms with van der Waals surface area (Å²) >= 11 is 2.00. The fourth-order valence-electron chi connectivity index (χ4n) is 2.18. The highest BCUT2D eigenvalue weighted by molar-refractivity contribution is 14.1. The monoisotopic (exact) mass is 449 g/mol. The molecule has 9 heteroatoms. The second-order valence-corrected chi connectivity index (χ2v) is 6.36. The number of hydrogen-bond acceptors (Lipinski definition) is 7. The van der Waals surface area contributed by atoms with Crippen LogP contribution < -0.4 is 10.9 Å². The lowest BCUT2D eigenvalue weighted by molar-refractivity contribution is -0.117. The number of fused-ring (bicyclic) bond motifs is 1. The summed E-state index contributed by atoms with van der Waals surface area (Å²) in [6.07, 6.45) is -5.01. The van der Waals surface area contributed by atoms with Crippen LogP contribution in [0.25, 0.3) is 10.9 Å².